The maximum absolute atomic E-state index is 11.5. The first-order valence-corrected chi connectivity index (χ1v) is 9.51. The van der Waals surface area contributed by atoms with Gasteiger partial charge in [-0.25, -0.2) is 12.7 Å². The predicted molar refractivity (Wildman–Crippen MR) is 82.7 cm³/mol. The van der Waals surface area contributed by atoms with Crippen LogP contribution >= 0.6 is 0 Å². The summed E-state index contributed by atoms with van der Waals surface area (Å²) in [5.41, 5.74) is 0. The Kier molecular flexibility index (Phi) is 7.62. The first-order chi connectivity index (χ1) is 9.79. The van der Waals surface area contributed by atoms with Gasteiger partial charge < -0.3 is 10.4 Å². The van der Waals surface area contributed by atoms with E-state index in [-0.39, 0.29) is 6.42 Å². The molecule has 0 spiro atoms. The average molecular weight is 320 g/mol. The second kappa shape index (κ2) is 8.70. The molecule has 2 atom stereocenters. The first kappa shape index (κ1) is 18.4. The van der Waals surface area contributed by atoms with Crippen molar-refractivity contribution in [3.05, 3.63) is 0 Å². The van der Waals surface area contributed by atoms with E-state index in [1.54, 1.807) is 4.31 Å². The minimum atomic E-state index is -3.07. The van der Waals surface area contributed by atoms with E-state index in [1.165, 1.54) is 6.26 Å². The van der Waals surface area contributed by atoms with E-state index in [1.807, 2.05) is 0 Å². The smallest absolute Gasteiger partial charge is 0.303 e. The van der Waals surface area contributed by atoms with Gasteiger partial charge in [-0.05, 0) is 50.6 Å². The molecular weight excluding hydrogens is 292 g/mol. The molecule has 0 aromatic rings. The second-order valence-corrected chi connectivity index (χ2v) is 8.14. The highest BCUT2D eigenvalue weighted by atomic mass is 32.2. The second-order valence-electron chi connectivity index (χ2n) is 6.16. The summed E-state index contributed by atoms with van der Waals surface area (Å²) in [5.74, 6) is 0.0353. The number of rotatable bonds is 9. The van der Waals surface area contributed by atoms with Crippen LogP contribution in [-0.2, 0) is 14.8 Å². The summed E-state index contributed by atoms with van der Waals surface area (Å²) in [6.45, 7) is 5.01. The molecule has 0 amide bonds. The van der Waals surface area contributed by atoms with Crippen molar-refractivity contribution < 1.29 is 18.3 Å². The number of nitrogens with one attached hydrogen (secondary N) is 1. The molecule has 0 bridgehead atoms. The summed E-state index contributed by atoms with van der Waals surface area (Å²) in [6, 6.07) is 0. The summed E-state index contributed by atoms with van der Waals surface area (Å²) in [5, 5.41) is 12.0. The van der Waals surface area contributed by atoms with Gasteiger partial charge in [0.1, 0.15) is 0 Å². The lowest BCUT2D eigenvalue weighted by Crippen LogP contribution is -2.42. The van der Waals surface area contributed by atoms with Crippen LogP contribution in [0.5, 0.6) is 0 Å². The van der Waals surface area contributed by atoms with E-state index in [2.05, 4.69) is 12.2 Å². The number of carboxylic acids is 1. The van der Waals surface area contributed by atoms with Gasteiger partial charge in [-0.15, -0.1) is 0 Å². The minimum absolute atomic E-state index is 0.229. The van der Waals surface area contributed by atoms with Crippen LogP contribution in [0.3, 0.4) is 0 Å². The van der Waals surface area contributed by atoms with Crippen LogP contribution in [0.1, 0.15) is 39.0 Å². The Morgan fingerprint density at radius 1 is 1.43 bits per heavy atom. The molecule has 1 fully saturated rings. The Bertz CT molecular complexity index is 425. The maximum atomic E-state index is 11.5. The molecule has 1 heterocycles. The summed E-state index contributed by atoms with van der Waals surface area (Å²) in [6.07, 6.45) is 5.15. The van der Waals surface area contributed by atoms with Crippen molar-refractivity contribution in [1.29, 1.82) is 0 Å². The van der Waals surface area contributed by atoms with Crippen LogP contribution in [-0.4, -0.2) is 56.2 Å². The summed E-state index contributed by atoms with van der Waals surface area (Å²) in [7, 11) is -3.07. The number of sulfonamides is 1. The normalized spacial score (nSPS) is 22.1. The van der Waals surface area contributed by atoms with Crippen LogP contribution in [0, 0.1) is 11.8 Å². The molecule has 2 unspecified atom stereocenters. The predicted octanol–water partition coefficient (Wildman–Crippen LogP) is 1.14. The van der Waals surface area contributed by atoms with Crippen LogP contribution in [0.4, 0.5) is 0 Å². The quantitative estimate of drug-likeness (QED) is 0.622. The fourth-order valence-electron chi connectivity index (χ4n) is 2.66. The van der Waals surface area contributed by atoms with Crippen LogP contribution in [0.15, 0.2) is 0 Å². The Morgan fingerprint density at radius 2 is 2.14 bits per heavy atom. The molecular formula is C14H28N2O4S. The molecule has 1 aliphatic heterocycles. The highest BCUT2D eigenvalue weighted by Crippen LogP contribution is 2.18. The molecule has 0 aliphatic carbocycles. The topological polar surface area (TPSA) is 86.7 Å². The fourth-order valence-corrected chi connectivity index (χ4v) is 3.61. The maximum Gasteiger partial charge on any atom is 0.303 e. The van der Waals surface area contributed by atoms with Crippen molar-refractivity contribution in [3.8, 4) is 0 Å². The number of carbonyl (C=O) groups is 1. The monoisotopic (exact) mass is 320 g/mol. The number of hydrogen-bond acceptors (Lipinski definition) is 4. The van der Waals surface area contributed by atoms with Gasteiger partial charge in [0.05, 0.1) is 6.26 Å². The van der Waals surface area contributed by atoms with Gasteiger partial charge in [0.25, 0.3) is 0 Å². The third-order valence-electron chi connectivity index (χ3n) is 4.05. The third-order valence-corrected chi connectivity index (χ3v) is 5.32. The van der Waals surface area contributed by atoms with Crippen LogP contribution < -0.4 is 5.32 Å². The number of hydrogen-bond donors (Lipinski definition) is 2. The van der Waals surface area contributed by atoms with E-state index in [0.717, 1.165) is 32.4 Å². The highest BCUT2D eigenvalue weighted by molar-refractivity contribution is 7.88. The summed E-state index contributed by atoms with van der Waals surface area (Å²) < 4.78 is 24.6. The molecule has 7 heteroatoms. The van der Waals surface area contributed by atoms with Crippen molar-refractivity contribution in [2.75, 3.05) is 32.4 Å². The Hall–Kier alpha value is -0.660. The summed E-state index contributed by atoms with van der Waals surface area (Å²) >= 11 is 0. The largest absolute Gasteiger partial charge is 0.481 e. The molecule has 124 valence electrons. The van der Waals surface area contributed by atoms with E-state index < -0.39 is 16.0 Å². The van der Waals surface area contributed by atoms with Crippen molar-refractivity contribution in [2.24, 2.45) is 11.8 Å². The Labute approximate surface area is 128 Å². The van der Waals surface area contributed by atoms with Crippen LogP contribution in [0.2, 0.25) is 0 Å². The standard InChI is InChI=1S/C14H28N2O4S/c1-12(5-6-14(17)18)7-8-15-10-13-4-3-9-16(11-13)21(2,19)20/h12-13,15H,3-11H2,1-2H3,(H,17,18). The molecule has 1 aliphatic rings. The van der Waals surface area contributed by atoms with Crippen molar-refractivity contribution in [2.45, 2.75) is 39.0 Å². The zero-order valence-electron chi connectivity index (χ0n) is 13.0. The van der Waals surface area contributed by atoms with Gasteiger partial charge in [0.15, 0.2) is 0 Å². The van der Waals surface area contributed by atoms with Gasteiger partial charge in [-0.2, -0.15) is 0 Å². The Morgan fingerprint density at radius 3 is 2.76 bits per heavy atom. The lowest BCUT2D eigenvalue weighted by Gasteiger charge is -2.31. The lowest BCUT2D eigenvalue weighted by molar-refractivity contribution is -0.137. The fraction of sp³-hybridized carbons (Fsp3) is 0.929. The van der Waals surface area contributed by atoms with E-state index >= 15 is 0 Å². The number of piperidine rings is 1. The summed E-state index contributed by atoms with van der Waals surface area (Å²) in [4.78, 5) is 10.5. The molecule has 1 saturated heterocycles. The molecule has 21 heavy (non-hydrogen) atoms. The number of nitrogens with zero attached hydrogens (tertiary/aromatic N) is 1. The van der Waals surface area contributed by atoms with Gasteiger partial charge in [0, 0.05) is 19.5 Å². The number of aliphatic carboxylic acids is 1. The zero-order valence-corrected chi connectivity index (χ0v) is 13.9. The van der Waals surface area contributed by atoms with Crippen molar-refractivity contribution in [1.82, 2.24) is 9.62 Å². The van der Waals surface area contributed by atoms with Crippen molar-refractivity contribution in [3.63, 3.8) is 0 Å². The van der Waals surface area contributed by atoms with Crippen LogP contribution in [0.25, 0.3) is 0 Å². The van der Waals surface area contributed by atoms with Gasteiger partial charge in [-0.3, -0.25) is 4.79 Å². The Balaban J connectivity index is 2.16. The average Bonchev–Trinajstić information content (AvgIpc) is 2.41. The van der Waals surface area contributed by atoms with Crippen molar-refractivity contribution >= 4 is 16.0 Å². The van der Waals surface area contributed by atoms with Gasteiger partial charge in [-0.1, -0.05) is 6.92 Å². The molecule has 0 radical (unpaired) electrons. The SMILES string of the molecule is CC(CCNCC1CCCN(S(C)(=O)=O)C1)CCC(=O)O. The molecule has 6 nitrogen and oxygen atoms in total. The molecule has 1 rings (SSSR count). The van der Waals surface area contributed by atoms with Gasteiger partial charge in [0.2, 0.25) is 10.0 Å². The number of carboxylic acid groups (broad SMARTS) is 1. The lowest BCUT2D eigenvalue weighted by atomic mass is 9.99. The first-order valence-electron chi connectivity index (χ1n) is 7.66. The van der Waals surface area contributed by atoms with E-state index in [0.29, 0.717) is 31.3 Å². The molecule has 0 aromatic heterocycles. The van der Waals surface area contributed by atoms with E-state index in [4.69, 9.17) is 5.11 Å². The van der Waals surface area contributed by atoms with Gasteiger partial charge >= 0.3 is 5.97 Å². The minimum Gasteiger partial charge on any atom is -0.481 e. The molecule has 2 N–H and O–H groups in total. The molecule has 0 aromatic carbocycles. The van der Waals surface area contributed by atoms with E-state index in [9.17, 15) is 13.2 Å². The highest BCUT2D eigenvalue weighted by Gasteiger charge is 2.25. The zero-order chi connectivity index (χ0) is 15.9. The third kappa shape index (κ3) is 7.78. The molecule has 0 saturated carbocycles.